The van der Waals surface area contributed by atoms with Gasteiger partial charge in [-0.2, -0.15) is 4.99 Å². The zero-order chi connectivity index (χ0) is 11.0. The molecule has 0 saturated heterocycles. The summed E-state index contributed by atoms with van der Waals surface area (Å²) in [5, 5.41) is 4.79. The lowest BCUT2D eigenvalue weighted by atomic mass is 10.3. The van der Waals surface area contributed by atoms with Crippen LogP contribution in [0.5, 0.6) is 0 Å². The normalized spacial score (nSPS) is 26.6. The smallest absolute Gasteiger partial charge is 0.222 e. The van der Waals surface area contributed by atoms with Crippen molar-refractivity contribution in [3.63, 3.8) is 0 Å². The lowest BCUT2D eigenvalue weighted by molar-refractivity contribution is 0.963. The third-order valence-corrected chi connectivity index (χ3v) is 3.17. The fraction of sp³-hybridized carbons (Fsp3) is 0.375. The number of amidine groups is 2. The molecule has 0 fully saturated rings. The van der Waals surface area contributed by atoms with Gasteiger partial charge < -0.3 is 11.1 Å². The number of rotatable bonds is 0. The molecule has 3 heterocycles. The fourth-order valence-electron chi connectivity index (χ4n) is 1.50. The summed E-state index contributed by atoms with van der Waals surface area (Å²) in [4.78, 5) is 20.7. The van der Waals surface area contributed by atoms with Gasteiger partial charge in [-0.05, 0) is 11.8 Å². The highest BCUT2D eigenvalue weighted by molar-refractivity contribution is 8.26. The van der Waals surface area contributed by atoms with Crippen LogP contribution in [0, 0.1) is 0 Å². The SMILES string of the molecule is NC1=NC2=NC=NC2C(SC2=NCCN2)=N1. The topological polar surface area (TPSA) is 99.8 Å². The zero-order valence-electron chi connectivity index (χ0n) is 8.29. The third kappa shape index (κ3) is 1.60. The third-order valence-electron chi connectivity index (χ3n) is 2.18. The molecule has 0 aromatic rings. The molecule has 3 N–H and O–H groups in total. The van der Waals surface area contributed by atoms with Crippen LogP contribution >= 0.6 is 11.8 Å². The number of nitrogens with one attached hydrogen (secondary N) is 1. The minimum Gasteiger partial charge on any atom is -0.368 e. The van der Waals surface area contributed by atoms with E-state index in [4.69, 9.17) is 5.73 Å². The minimum atomic E-state index is -0.206. The Hall–Kier alpha value is -1.70. The van der Waals surface area contributed by atoms with Crippen molar-refractivity contribution in [2.45, 2.75) is 6.04 Å². The molecule has 0 bridgehead atoms. The highest BCUT2D eigenvalue weighted by Crippen LogP contribution is 2.20. The minimum absolute atomic E-state index is 0.206. The van der Waals surface area contributed by atoms with Crippen LogP contribution in [-0.4, -0.2) is 47.5 Å². The maximum atomic E-state index is 5.61. The Balaban J connectivity index is 1.85. The lowest BCUT2D eigenvalue weighted by Crippen LogP contribution is -2.33. The molecule has 0 aromatic carbocycles. The largest absolute Gasteiger partial charge is 0.368 e. The molecule has 7 nitrogen and oxygen atoms in total. The fourth-order valence-corrected chi connectivity index (χ4v) is 2.44. The van der Waals surface area contributed by atoms with Gasteiger partial charge in [-0.25, -0.2) is 9.98 Å². The lowest BCUT2D eigenvalue weighted by Gasteiger charge is -2.14. The second-order valence-electron chi connectivity index (χ2n) is 3.29. The van der Waals surface area contributed by atoms with Crippen molar-refractivity contribution in [2.75, 3.05) is 13.1 Å². The number of thioether (sulfide) groups is 1. The number of aliphatic imine (C=N–C) groups is 5. The molecule has 3 aliphatic heterocycles. The average molecular weight is 235 g/mol. The molecule has 1 unspecified atom stereocenters. The number of guanidine groups is 1. The zero-order valence-corrected chi connectivity index (χ0v) is 9.11. The van der Waals surface area contributed by atoms with Crippen LogP contribution in [-0.2, 0) is 0 Å². The van der Waals surface area contributed by atoms with Gasteiger partial charge in [0, 0.05) is 6.54 Å². The first-order valence-electron chi connectivity index (χ1n) is 4.81. The highest BCUT2D eigenvalue weighted by Gasteiger charge is 2.30. The molecule has 8 heteroatoms. The van der Waals surface area contributed by atoms with E-state index >= 15 is 0 Å². The quantitative estimate of drug-likeness (QED) is 0.575. The van der Waals surface area contributed by atoms with Crippen molar-refractivity contribution in [3.8, 4) is 0 Å². The molecular formula is C8H9N7S. The molecule has 3 rings (SSSR count). The van der Waals surface area contributed by atoms with E-state index in [0.717, 1.165) is 23.3 Å². The molecule has 0 spiro atoms. The van der Waals surface area contributed by atoms with Gasteiger partial charge >= 0.3 is 0 Å². The van der Waals surface area contributed by atoms with E-state index in [2.05, 4.69) is 30.3 Å². The van der Waals surface area contributed by atoms with E-state index in [1.807, 2.05) is 0 Å². The Morgan fingerprint density at radius 1 is 1.44 bits per heavy atom. The molecule has 3 aliphatic rings. The molecular weight excluding hydrogens is 226 g/mol. The Bertz CT molecular complexity index is 473. The van der Waals surface area contributed by atoms with E-state index in [1.165, 1.54) is 18.1 Å². The molecule has 1 atom stereocenters. The van der Waals surface area contributed by atoms with Crippen LogP contribution in [0.2, 0.25) is 0 Å². The Labute approximate surface area is 95.8 Å². The van der Waals surface area contributed by atoms with Crippen molar-refractivity contribution < 1.29 is 0 Å². The number of hydrogen-bond donors (Lipinski definition) is 2. The molecule has 0 amide bonds. The molecule has 82 valence electrons. The Morgan fingerprint density at radius 2 is 2.38 bits per heavy atom. The Kier molecular flexibility index (Phi) is 2.21. The van der Waals surface area contributed by atoms with Gasteiger partial charge in [0.2, 0.25) is 5.96 Å². The predicted molar refractivity (Wildman–Crippen MR) is 66.7 cm³/mol. The van der Waals surface area contributed by atoms with Crippen LogP contribution < -0.4 is 11.1 Å². The van der Waals surface area contributed by atoms with E-state index in [1.54, 1.807) is 0 Å². The van der Waals surface area contributed by atoms with Crippen LogP contribution in [0.4, 0.5) is 0 Å². The van der Waals surface area contributed by atoms with Crippen molar-refractivity contribution in [2.24, 2.45) is 30.7 Å². The van der Waals surface area contributed by atoms with Gasteiger partial charge in [-0.15, -0.1) is 0 Å². The van der Waals surface area contributed by atoms with Gasteiger partial charge in [0.05, 0.1) is 6.54 Å². The molecule has 0 saturated carbocycles. The summed E-state index contributed by atoms with van der Waals surface area (Å²) in [6.07, 6.45) is 1.49. The van der Waals surface area contributed by atoms with Gasteiger partial charge in [-0.1, -0.05) is 0 Å². The maximum absolute atomic E-state index is 5.61. The van der Waals surface area contributed by atoms with Gasteiger partial charge in [0.15, 0.2) is 17.0 Å². The van der Waals surface area contributed by atoms with E-state index in [0.29, 0.717) is 5.84 Å². The van der Waals surface area contributed by atoms with Crippen molar-refractivity contribution in [1.29, 1.82) is 0 Å². The van der Waals surface area contributed by atoms with E-state index < -0.39 is 0 Å². The summed E-state index contributed by atoms with van der Waals surface area (Å²) < 4.78 is 0. The monoisotopic (exact) mass is 235 g/mol. The standard InChI is InChI=1S/C8H9N7S/c9-7-14-5-4(12-3-13-5)6(15-7)16-8-10-1-2-11-8/h3-4H,1-2H2,(H,10,11)(H2,9,12,13,14). The molecule has 0 aromatic heterocycles. The van der Waals surface area contributed by atoms with E-state index in [9.17, 15) is 0 Å². The summed E-state index contributed by atoms with van der Waals surface area (Å²) in [6.45, 7) is 1.67. The number of nitrogens with two attached hydrogens (primary N) is 1. The van der Waals surface area contributed by atoms with Crippen LogP contribution in [0.25, 0.3) is 0 Å². The molecule has 16 heavy (non-hydrogen) atoms. The van der Waals surface area contributed by atoms with Gasteiger partial charge in [0.1, 0.15) is 11.4 Å². The number of fused-ring (bicyclic) bond motifs is 1. The first-order chi connectivity index (χ1) is 7.83. The number of nitrogens with zero attached hydrogens (tertiary/aromatic N) is 5. The summed E-state index contributed by atoms with van der Waals surface area (Å²) in [5.74, 6) is 0.829. The summed E-state index contributed by atoms with van der Waals surface area (Å²) in [5.41, 5.74) is 5.61. The van der Waals surface area contributed by atoms with Crippen LogP contribution in [0.15, 0.2) is 25.0 Å². The predicted octanol–water partition coefficient (Wildman–Crippen LogP) is -0.785. The number of hydrogen-bond acceptors (Lipinski definition) is 8. The van der Waals surface area contributed by atoms with Crippen molar-refractivity contribution in [1.82, 2.24) is 5.32 Å². The summed E-state index contributed by atoms with van der Waals surface area (Å²) >= 11 is 1.44. The van der Waals surface area contributed by atoms with Gasteiger partial charge in [0.25, 0.3) is 0 Å². The van der Waals surface area contributed by atoms with Crippen LogP contribution in [0.1, 0.15) is 0 Å². The second kappa shape index (κ2) is 3.71. The first-order valence-corrected chi connectivity index (χ1v) is 5.63. The van der Waals surface area contributed by atoms with Crippen LogP contribution in [0.3, 0.4) is 0 Å². The van der Waals surface area contributed by atoms with Crippen molar-refractivity contribution in [3.05, 3.63) is 0 Å². The Morgan fingerprint density at radius 3 is 3.19 bits per heavy atom. The second-order valence-corrected chi connectivity index (χ2v) is 4.30. The molecule has 0 aliphatic carbocycles. The van der Waals surface area contributed by atoms with E-state index in [-0.39, 0.29) is 12.0 Å². The molecule has 0 radical (unpaired) electrons. The van der Waals surface area contributed by atoms with Gasteiger partial charge in [-0.3, -0.25) is 9.98 Å². The summed E-state index contributed by atoms with van der Waals surface area (Å²) in [7, 11) is 0. The summed E-state index contributed by atoms with van der Waals surface area (Å²) in [6, 6.07) is -0.206. The first kappa shape index (κ1) is 9.52. The average Bonchev–Trinajstić information content (AvgIpc) is 2.87. The highest BCUT2D eigenvalue weighted by atomic mass is 32.2. The van der Waals surface area contributed by atoms with Crippen molar-refractivity contribution >= 4 is 40.1 Å². The maximum Gasteiger partial charge on any atom is 0.222 e.